The molecular weight excluding hydrogens is 259 g/mol. The van der Waals surface area contributed by atoms with Crippen molar-refractivity contribution in [2.24, 2.45) is 0 Å². The summed E-state index contributed by atoms with van der Waals surface area (Å²) in [5.41, 5.74) is 0.836. The van der Waals surface area contributed by atoms with Crippen molar-refractivity contribution in [3.8, 4) is 12.3 Å². The Labute approximate surface area is 107 Å². The van der Waals surface area contributed by atoms with Gasteiger partial charge >= 0.3 is 7.60 Å². The predicted molar refractivity (Wildman–Crippen MR) is 69.2 cm³/mol. The van der Waals surface area contributed by atoms with Gasteiger partial charge in [0.2, 0.25) is 0 Å². The molecule has 0 aromatic heterocycles. The van der Waals surface area contributed by atoms with Crippen LogP contribution in [0.25, 0.3) is 0 Å². The first-order chi connectivity index (χ1) is 8.09. The van der Waals surface area contributed by atoms with Gasteiger partial charge in [0.25, 0.3) is 0 Å². The molecule has 5 heteroatoms. The minimum Gasteiger partial charge on any atom is -0.309 e. The van der Waals surface area contributed by atoms with E-state index in [1.54, 1.807) is 31.2 Å². The van der Waals surface area contributed by atoms with Gasteiger partial charge in [-0.3, -0.25) is 9.09 Å². The molecule has 1 aromatic rings. The SMILES string of the molecule is C#CCOP(=O)(Cc1ccc(Cl)cc1)OCC. The molecule has 0 heterocycles. The second-order valence-electron chi connectivity index (χ2n) is 3.29. The largest absolute Gasteiger partial charge is 0.335 e. The van der Waals surface area contributed by atoms with Gasteiger partial charge in [-0.25, -0.2) is 0 Å². The minimum atomic E-state index is -3.16. The Morgan fingerprint density at radius 1 is 1.35 bits per heavy atom. The van der Waals surface area contributed by atoms with Crippen LogP contribution in [0.4, 0.5) is 0 Å². The van der Waals surface area contributed by atoms with Crippen LogP contribution in [0.3, 0.4) is 0 Å². The van der Waals surface area contributed by atoms with Gasteiger partial charge < -0.3 is 4.52 Å². The Hall–Kier alpha value is -0.780. The van der Waals surface area contributed by atoms with Crippen LogP contribution < -0.4 is 0 Å². The van der Waals surface area contributed by atoms with Crippen molar-refractivity contribution in [1.29, 1.82) is 0 Å². The van der Waals surface area contributed by atoms with E-state index in [0.717, 1.165) is 5.56 Å². The summed E-state index contributed by atoms with van der Waals surface area (Å²) in [6, 6.07) is 7.03. The van der Waals surface area contributed by atoms with Crippen molar-refractivity contribution < 1.29 is 13.6 Å². The minimum absolute atomic E-state index is 0.0229. The quantitative estimate of drug-likeness (QED) is 0.585. The van der Waals surface area contributed by atoms with Crippen LogP contribution in [0, 0.1) is 12.3 Å². The summed E-state index contributed by atoms with van der Waals surface area (Å²) < 4.78 is 22.5. The van der Waals surface area contributed by atoms with Crippen LogP contribution in [0.2, 0.25) is 5.02 Å². The Bertz CT molecular complexity index is 436. The molecule has 0 fully saturated rings. The number of hydrogen-bond acceptors (Lipinski definition) is 3. The number of benzene rings is 1. The summed E-state index contributed by atoms with van der Waals surface area (Å²) in [4.78, 5) is 0. The summed E-state index contributed by atoms with van der Waals surface area (Å²) in [7, 11) is -3.16. The fourth-order valence-electron chi connectivity index (χ4n) is 1.27. The van der Waals surface area contributed by atoms with Crippen molar-refractivity contribution in [2.45, 2.75) is 13.1 Å². The third-order valence-corrected chi connectivity index (χ3v) is 4.14. The van der Waals surface area contributed by atoms with Crippen molar-refractivity contribution in [1.82, 2.24) is 0 Å². The van der Waals surface area contributed by atoms with Crippen LogP contribution in [-0.2, 0) is 19.8 Å². The molecule has 1 aromatic carbocycles. The van der Waals surface area contributed by atoms with Gasteiger partial charge in [-0.2, -0.15) is 0 Å². The highest BCUT2D eigenvalue weighted by molar-refractivity contribution is 7.53. The topological polar surface area (TPSA) is 35.5 Å². The molecule has 0 amide bonds. The summed E-state index contributed by atoms with van der Waals surface area (Å²) in [6.07, 6.45) is 5.27. The van der Waals surface area contributed by atoms with Crippen LogP contribution in [0.5, 0.6) is 0 Å². The van der Waals surface area contributed by atoms with E-state index in [4.69, 9.17) is 27.1 Å². The second-order valence-corrected chi connectivity index (χ2v) is 5.78. The van der Waals surface area contributed by atoms with Crippen molar-refractivity contribution in [3.63, 3.8) is 0 Å². The maximum absolute atomic E-state index is 12.3. The van der Waals surface area contributed by atoms with Gasteiger partial charge in [-0.05, 0) is 24.6 Å². The highest BCUT2D eigenvalue weighted by atomic mass is 35.5. The van der Waals surface area contributed by atoms with Gasteiger partial charge in [-0.1, -0.05) is 29.7 Å². The molecule has 0 saturated heterocycles. The number of hydrogen-bond donors (Lipinski definition) is 0. The molecule has 1 unspecified atom stereocenters. The molecular formula is C12H14ClO3P. The molecule has 0 spiro atoms. The Morgan fingerprint density at radius 2 is 2.00 bits per heavy atom. The number of terminal acetylenes is 1. The molecule has 0 aliphatic rings. The van der Waals surface area contributed by atoms with E-state index in [1.165, 1.54) is 0 Å². The zero-order valence-electron chi connectivity index (χ0n) is 9.56. The molecule has 0 radical (unpaired) electrons. The third kappa shape index (κ3) is 4.93. The molecule has 0 bridgehead atoms. The van der Waals surface area contributed by atoms with Crippen LogP contribution in [0.15, 0.2) is 24.3 Å². The molecule has 0 aliphatic heterocycles. The lowest BCUT2D eigenvalue weighted by atomic mass is 10.2. The summed E-state index contributed by atoms with van der Waals surface area (Å²) in [6.45, 7) is 2.05. The summed E-state index contributed by atoms with van der Waals surface area (Å²) >= 11 is 5.77. The predicted octanol–water partition coefficient (Wildman–Crippen LogP) is 3.72. The lowest BCUT2D eigenvalue weighted by Gasteiger charge is -2.16. The van der Waals surface area contributed by atoms with E-state index in [2.05, 4.69) is 5.92 Å². The third-order valence-electron chi connectivity index (χ3n) is 1.96. The van der Waals surface area contributed by atoms with Gasteiger partial charge in [0.1, 0.15) is 6.61 Å². The lowest BCUT2D eigenvalue weighted by molar-refractivity contribution is 0.229. The van der Waals surface area contributed by atoms with E-state index >= 15 is 0 Å². The monoisotopic (exact) mass is 272 g/mol. The van der Waals surface area contributed by atoms with Crippen molar-refractivity contribution in [2.75, 3.05) is 13.2 Å². The standard InChI is InChI=1S/C12H14ClO3P/c1-3-9-16-17(14,15-4-2)10-11-5-7-12(13)8-6-11/h1,5-8H,4,9-10H2,2H3. The lowest BCUT2D eigenvalue weighted by Crippen LogP contribution is -1.99. The zero-order valence-corrected chi connectivity index (χ0v) is 11.2. The average molecular weight is 273 g/mol. The van der Waals surface area contributed by atoms with E-state index in [-0.39, 0.29) is 12.8 Å². The second kappa shape index (κ2) is 6.83. The smallest absolute Gasteiger partial charge is 0.309 e. The molecule has 0 saturated carbocycles. The van der Waals surface area contributed by atoms with Gasteiger partial charge in [-0.15, -0.1) is 6.42 Å². The molecule has 92 valence electrons. The highest BCUT2D eigenvalue weighted by Crippen LogP contribution is 2.51. The van der Waals surface area contributed by atoms with E-state index < -0.39 is 7.60 Å². The zero-order chi connectivity index (χ0) is 12.7. The maximum atomic E-state index is 12.3. The van der Waals surface area contributed by atoms with E-state index in [0.29, 0.717) is 11.6 Å². The first-order valence-corrected chi connectivity index (χ1v) is 7.26. The summed E-state index contributed by atoms with van der Waals surface area (Å²) in [5.74, 6) is 2.28. The summed E-state index contributed by atoms with van der Waals surface area (Å²) in [5, 5.41) is 0.629. The van der Waals surface area contributed by atoms with Crippen molar-refractivity contribution >= 4 is 19.2 Å². The molecule has 17 heavy (non-hydrogen) atoms. The van der Waals surface area contributed by atoms with E-state index in [1.807, 2.05) is 0 Å². The Kier molecular flexibility index (Phi) is 5.74. The van der Waals surface area contributed by atoms with E-state index in [9.17, 15) is 4.57 Å². The average Bonchev–Trinajstić information content (AvgIpc) is 2.30. The van der Waals surface area contributed by atoms with Crippen LogP contribution in [0.1, 0.15) is 12.5 Å². The van der Waals surface area contributed by atoms with Crippen LogP contribution in [-0.4, -0.2) is 13.2 Å². The number of rotatable bonds is 6. The highest BCUT2D eigenvalue weighted by Gasteiger charge is 2.24. The molecule has 0 N–H and O–H groups in total. The normalized spacial score (nSPS) is 13.9. The Balaban J connectivity index is 2.76. The fourth-order valence-corrected chi connectivity index (χ4v) is 2.98. The molecule has 1 atom stereocenters. The molecule has 1 rings (SSSR count). The Morgan fingerprint density at radius 3 is 2.53 bits per heavy atom. The first kappa shape index (κ1) is 14.3. The van der Waals surface area contributed by atoms with Crippen molar-refractivity contribution in [3.05, 3.63) is 34.9 Å². The van der Waals surface area contributed by atoms with Gasteiger partial charge in [0.05, 0.1) is 12.8 Å². The maximum Gasteiger partial charge on any atom is 0.335 e. The fraction of sp³-hybridized carbons (Fsp3) is 0.333. The van der Waals surface area contributed by atoms with Gasteiger partial charge in [0, 0.05) is 5.02 Å². The number of halogens is 1. The molecule has 0 aliphatic carbocycles. The van der Waals surface area contributed by atoms with Crippen LogP contribution >= 0.6 is 19.2 Å². The van der Waals surface area contributed by atoms with Gasteiger partial charge in [0.15, 0.2) is 0 Å². The first-order valence-electron chi connectivity index (χ1n) is 5.15. The molecule has 3 nitrogen and oxygen atoms in total.